The van der Waals surface area contributed by atoms with Crippen molar-refractivity contribution >= 4 is 16.5 Å². The van der Waals surface area contributed by atoms with E-state index in [0.29, 0.717) is 36.4 Å². The fourth-order valence-corrected chi connectivity index (χ4v) is 4.65. The summed E-state index contributed by atoms with van der Waals surface area (Å²) < 4.78 is 63.9. The molecule has 6 rings (SSSR count). The number of rotatable bonds is 4. The van der Waals surface area contributed by atoms with Gasteiger partial charge in [-0.2, -0.15) is 18.3 Å². The van der Waals surface area contributed by atoms with Crippen LogP contribution in [0.4, 0.5) is 17.6 Å². The van der Waals surface area contributed by atoms with Crippen LogP contribution in [0, 0.1) is 12.7 Å². The Labute approximate surface area is 214 Å². The van der Waals surface area contributed by atoms with E-state index in [2.05, 4.69) is 15.1 Å². The summed E-state index contributed by atoms with van der Waals surface area (Å²) in [5.41, 5.74) is 0.595. The van der Waals surface area contributed by atoms with Crippen LogP contribution in [0.25, 0.3) is 27.7 Å². The predicted octanol–water partition coefficient (Wildman–Crippen LogP) is 5.54. The number of hydrogen-bond acceptors (Lipinski definition) is 5. The zero-order valence-corrected chi connectivity index (χ0v) is 20.6. The molecule has 1 aliphatic heterocycles. The molecule has 7 nitrogen and oxygen atoms in total. The van der Waals surface area contributed by atoms with Gasteiger partial charge in [0, 0.05) is 35.5 Å². The highest BCUT2D eigenvalue weighted by Crippen LogP contribution is 2.38. The molecule has 2 aliphatic rings. The lowest BCUT2D eigenvalue weighted by Crippen LogP contribution is -2.21. The van der Waals surface area contributed by atoms with Crippen molar-refractivity contribution in [2.24, 2.45) is 7.05 Å². The van der Waals surface area contributed by atoms with Gasteiger partial charge in [-0.3, -0.25) is 9.48 Å². The van der Waals surface area contributed by atoms with Crippen molar-refractivity contribution < 1.29 is 22.3 Å². The van der Waals surface area contributed by atoms with E-state index in [1.54, 1.807) is 26.2 Å². The predicted molar refractivity (Wildman–Crippen MR) is 132 cm³/mol. The molecule has 3 aromatic heterocycles. The van der Waals surface area contributed by atoms with Crippen molar-refractivity contribution in [3.8, 4) is 11.3 Å². The minimum absolute atomic E-state index is 0.0579. The van der Waals surface area contributed by atoms with Crippen LogP contribution in [0.15, 0.2) is 47.5 Å². The Kier molecular flexibility index (Phi) is 5.71. The van der Waals surface area contributed by atoms with Gasteiger partial charge >= 0.3 is 6.18 Å². The van der Waals surface area contributed by atoms with Gasteiger partial charge in [0.05, 0.1) is 30.1 Å². The third-order valence-corrected chi connectivity index (χ3v) is 7.07. The SMILES string of the molecule is Cc1cc2c(-c3ccc(C(F)(F)F)cc3F)nc(C3=C[C@H](c4cnn(C5CC5)c4)OCC3)nc2c(=O)n1C. The number of halogens is 4. The van der Waals surface area contributed by atoms with Crippen molar-refractivity contribution in [2.45, 2.75) is 44.5 Å². The second kappa shape index (κ2) is 8.87. The lowest BCUT2D eigenvalue weighted by Gasteiger charge is -2.21. The Morgan fingerprint density at radius 2 is 1.92 bits per heavy atom. The fraction of sp³-hybridized carbons (Fsp3) is 0.333. The van der Waals surface area contributed by atoms with Crippen LogP contribution >= 0.6 is 0 Å². The first-order valence-electron chi connectivity index (χ1n) is 12.2. The largest absolute Gasteiger partial charge is 0.416 e. The van der Waals surface area contributed by atoms with E-state index in [1.165, 1.54) is 4.57 Å². The molecule has 196 valence electrons. The van der Waals surface area contributed by atoms with E-state index in [1.807, 2.05) is 17.0 Å². The number of fused-ring (bicyclic) bond motifs is 1. The molecule has 0 bridgehead atoms. The number of hydrogen-bond donors (Lipinski definition) is 0. The molecule has 0 radical (unpaired) electrons. The van der Waals surface area contributed by atoms with Crippen molar-refractivity contribution in [1.29, 1.82) is 0 Å². The minimum Gasteiger partial charge on any atom is -0.369 e. The summed E-state index contributed by atoms with van der Waals surface area (Å²) in [5.74, 6) is -0.883. The highest BCUT2D eigenvalue weighted by molar-refractivity contribution is 5.93. The Hall–Kier alpha value is -3.86. The molecular formula is C27H23F4N5O2. The molecule has 4 aromatic rings. The van der Waals surface area contributed by atoms with Gasteiger partial charge in [-0.25, -0.2) is 14.4 Å². The first-order chi connectivity index (χ1) is 18.1. The molecule has 38 heavy (non-hydrogen) atoms. The summed E-state index contributed by atoms with van der Waals surface area (Å²) in [7, 11) is 1.60. The van der Waals surface area contributed by atoms with Crippen molar-refractivity contribution in [3.63, 3.8) is 0 Å². The monoisotopic (exact) mass is 525 g/mol. The lowest BCUT2D eigenvalue weighted by molar-refractivity contribution is -0.137. The van der Waals surface area contributed by atoms with Crippen LogP contribution < -0.4 is 5.56 Å². The van der Waals surface area contributed by atoms with Gasteiger partial charge in [-0.15, -0.1) is 0 Å². The summed E-state index contributed by atoms with van der Waals surface area (Å²) in [6.45, 7) is 2.07. The molecule has 0 amide bonds. The third kappa shape index (κ3) is 4.30. The maximum absolute atomic E-state index is 15.1. The van der Waals surface area contributed by atoms with Crippen LogP contribution in [-0.4, -0.2) is 30.9 Å². The van der Waals surface area contributed by atoms with Gasteiger partial charge < -0.3 is 9.30 Å². The number of aromatic nitrogens is 5. The number of alkyl halides is 3. The van der Waals surface area contributed by atoms with E-state index in [9.17, 15) is 18.0 Å². The molecule has 11 heteroatoms. The molecule has 0 saturated heterocycles. The quantitative estimate of drug-likeness (QED) is 0.327. The van der Waals surface area contributed by atoms with E-state index >= 15 is 4.39 Å². The Morgan fingerprint density at radius 3 is 2.63 bits per heavy atom. The van der Waals surface area contributed by atoms with E-state index in [4.69, 9.17) is 4.74 Å². The molecule has 0 spiro atoms. The normalized spacial score (nSPS) is 18.2. The van der Waals surface area contributed by atoms with Crippen molar-refractivity contribution in [3.05, 3.63) is 81.6 Å². The minimum atomic E-state index is -4.69. The van der Waals surface area contributed by atoms with Gasteiger partial charge in [-0.1, -0.05) is 0 Å². The maximum atomic E-state index is 15.1. The second-order valence-corrected chi connectivity index (χ2v) is 9.72. The number of ether oxygens (including phenoxy) is 1. The van der Waals surface area contributed by atoms with Crippen LogP contribution in [0.1, 0.15) is 54.1 Å². The first kappa shape index (κ1) is 24.5. The second-order valence-electron chi connectivity index (χ2n) is 9.72. The van der Waals surface area contributed by atoms with Gasteiger partial charge in [0.25, 0.3) is 5.56 Å². The van der Waals surface area contributed by atoms with Gasteiger partial charge in [0.1, 0.15) is 17.4 Å². The van der Waals surface area contributed by atoms with E-state index < -0.39 is 29.2 Å². The number of aryl methyl sites for hydroxylation is 1. The van der Waals surface area contributed by atoms with Gasteiger partial charge in [-0.05, 0) is 62.1 Å². The highest BCUT2D eigenvalue weighted by atomic mass is 19.4. The summed E-state index contributed by atoms with van der Waals surface area (Å²) >= 11 is 0. The van der Waals surface area contributed by atoms with Crippen LogP contribution in [0.5, 0.6) is 0 Å². The summed E-state index contributed by atoms with van der Waals surface area (Å²) in [4.78, 5) is 22.3. The molecule has 1 aromatic carbocycles. The lowest BCUT2D eigenvalue weighted by atomic mass is 10.0. The number of pyridine rings is 1. The van der Waals surface area contributed by atoms with Crippen molar-refractivity contribution in [1.82, 2.24) is 24.3 Å². The van der Waals surface area contributed by atoms with Crippen molar-refractivity contribution in [2.75, 3.05) is 6.61 Å². The maximum Gasteiger partial charge on any atom is 0.416 e. The average Bonchev–Trinajstić information content (AvgIpc) is 3.63. The number of nitrogens with zero attached hydrogens (tertiary/aromatic N) is 5. The van der Waals surface area contributed by atoms with Crippen LogP contribution in [0.2, 0.25) is 0 Å². The molecule has 1 aliphatic carbocycles. The smallest absolute Gasteiger partial charge is 0.369 e. The number of benzene rings is 1. The van der Waals surface area contributed by atoms with Gasteiger partial charge in [0.2, 0.25) is 0 Å². The van der Waals surface area contributed by atoms with E-state index in [-0.39, 0.29) is 28.0 Å². The average molecular weight is 526 g/mol. The third-order valence-electron chi connectivity index (χ3n) is 7.07. The molecule has 4 heterocycles. The molecular weight excluding hydrogens is 502 g/mol. The molecule has 1 atom stereocenters. The summed E-state index contributed by atoms with van der Waals surface area (Å²) in [6, 6.07) is 4.35. The van der Waals surface area contributed by atoms with E-state index in [0.717, 1.165) is 30.5 Å². The highest BCUT2D eigenvalue weighted by Gasteiger charge is 2.32. The Morgan fingerprint density at radius 1 is 1.13 bits per heavy atom. The van der Waals surface area contributed by atoms with Crippen LogP contribution in [-0.2, 0) is 18.0 Å². The summed E-state index contributed by atoms with van der Waals surface area (Å²) in [6.07, 6.45) is 3.09. The standard InChI is InChI=1S/C27H23F4N5O2/c1-14-9-20-23(19-6-3-17(11-21(19)28)27(29,30)31)33-25(34-24(20)26(37)35(14)2)15-7-8-38-22(10-15)16-12-32-36(13-16)18-4-5-18/h3,6,9-13,18,22H,4-5,7-8H2,1-2H3/t22-/m1/s1. The molecule has 0 N–H and O–H groups in total. The van der Waals surface area contributed by atoms with Gasteiger partial charge in [0.15, 0.2) is 5.82 Å². The zero-order valence-electron chi connectivity index (χ0n) is 20.6. The zero-order chi connectivity index (χ0) is 26.8. The fourth-order valence-electron chi connectivity index (χ4n) is 4.65. The Bertz CT molecular complexity index is 1670. The molecule has 0 unspecified atom stereocenters. The molecule has 1 saturated carbocycles. The van der Waals surface area contributed by atoms with Crippen LogP contribution in [0.3, 0.4) is 0 Å². The topological polar surface area (TPSA) is 74.8 Å². The molecule has 1 fully saturated rings. The summed E-state index contributed by atoms with van der Waals surface area (Å²) in [5, 5.41) is 4.69. The first-order valence-corrected chi connectivity index (χ1v) is 12.2. The Balaban J connectivity index is 1.51.